The standard InChI is InChI=1S/C21H19N5O3S/c1-28-17-9-7-15(8-10-17)20-24-25-21(29-20)30-14-19(27)23-18-6-3-2-5-16(18)13-26-12-4-11-22-26/h2-12H,13-14H2,1H3,(H,23,27). The third-order valence-corrected chi connectivity index (χ3v) is 5.07. The van der Waals surface area contributed by atoms with Crippen molar-refractivity contribution in [1.82, 2.24) is 20.0 Å². The monoisotopic (exact) mass is 421 g/mol. The molecular formula is C21H19N5O3S. The normalized spacial score (nSPS) is 10.7. The van der Waals surface area contributed by atoms with Crippen molar-refractivity contribution in [1.29, 1.82) is 0 Å². The first-order chi connectivity index (χ1) is 14.7. The summed E-state index contributed by atoms with van der Waals surface area (Å²) in [5.74, 6) is 1.14. The third kappa shape index (κ3) is 4.87. The Labute approximate surface area is 177 Å². The highest BCUT2D eigenvalue weighted by atomic mass is 32.2. The van der Waals surface area contributed by atoms with Gasteiger partial charge in [0.1, 0.15) is 5.75 Å². The maximum atomic E-state index is 12.4. The van der Waals surface area contributed by atoms with Gasteiger partial charge in [-0.15, -0.1) is 10.2 Å². The van der Waals surface area contributed by atoms with Crippen LogP contribution in [0.2, 0.25) is 0 Å². The van der Waals surface area contributed by atoms with Crippen LogP contribution in [0.25, 0.3) is 11.5 Å². The number of ether oxygens (including phenoxy) is 1. The Hall–Kier alpha value is -3.59. The highest BCUT2D eigenvalue weighted by Crippen LogP contribution is 2.25. The molecule has 0 saturated heterocycles. The largest absolute Gasteiger partial charge is 0.497 e. The molecule has 1 N–H and O–H groups in total. The number of hydrogen-bond donors (Lipinski definition) is 1. The summed E-state index contributed by atoms with van der Waals surface area (Å²) in [7, 11) is 1.61. The van der Waals surface area contributed by atoms with Gasteiger partial charge in [0.05, 0.1) is 19.4 Å². The average Bonchev–Trinajstić information content (AvgIpc) is 3.46. The van der Waals surface area contributed by atoms with E-state index in [1.807, 2.05) is 60.8 Å². The molecule has 152 valence electrons. The molecule has 2 aromatic carbocycles. The topological polar surface area (TPSA) is 95.1 Å². The first kappa shape index (κ1) is 19.7. The van der Waals surface area contributed by atoms with Gasteiger partial charge in [0.25, 0.3) is 5.22 Å². The molecule has 9 heteroatoms. The van der Waals surface area contributed by atoms with Crippen LogP contribution in [0.1, 0.15) is 5.56 Å². The van der Waals surface area contributed by atoms with Gasteiger partial charge >= 0.3 is 0 Å². The average molecular weight is 421 g/mol. The van der Waals surface area contributed by atoms with E-state index in [9.17, 15) is 4.79 Å². The highest BCUT2D eigenvalue weighted by molar-refractivity contribution is 7.99. The molecule has 0 aliphatic carbocycles. The molecule has 8 nitrogen and oxygen atoms in total. The molecule has 0 unspecified atom stereocenters. The zero-order chi connectivity index (χ0) is 20.8. The molecule has 0 radical (unpaired) electrons. The number of methoxy groups -OCH3 is 1. The molecule has 0 bridgehead atoms. The summed E-state index contributed by atoms with van der Waals surface area (Å²) >= 11 is 1.19. The second-order valence-electron chi connectivity index (χ2n) is 6.30. The molecule has 0 spiro atoms. The summed E-state index contributed by atoms with van der Waals surface area (Å²) < 4.78 is 12.6. The number of carbonyl (C=O) groups excluding carboxylic acids is 1. The minimum Gasteiger partial charge on any atom is -0.497 e. The lowest BCUT2D eigenvalue weighted by Crippen LogP contribution is -2.16. The van der Waals surface area contributed by atoms with Crippen LogP contribution in [0.15, 0.2) is 76.6 Å². The number of rotatable bonds is 8. The Bertz CT molecular complexity index is 1110. The van der Waals surface area contributed by atoms with Gasteiger partial charge in [-0.2, -0.15) is 5.10 Å². The van der Waals surface area contributed by atoms with Crippen molar-refractivity contribution >= 4 is 23.4 Å². The summed E-state index contributed by atoms with van der Waals surface area (Å²) in [6.07, 6.45) is 3.60. The zero-order valence-corrected chi connectivity index (χ0v) is 17.0. The van der Waals surface area contributed by atoms with Crippen molar-refractivity contribution in [2.24, 2.45) is 0 Å². The van der Waals surface area contributed by atoms with Gasteiger partial charge in [-0.05, 0) is 42.0 Å². The number of thioether (sulfide) groups is 1. The first-order valence-electron chi connectivity index (χ1n) is 9.17. The number of amides is 1. The summed E-state index contributed by atoms with van der Waals surface area (Å²) in [5, 5.41) is 15.5. The van der Waals surface area contributed by atoms with Crippen LogP contribution >= 0.6 is 11.8 Å². The second kappa shape index (κ2) is 9.27. The molecule has 2 aromatic heterocycles. The van der Waals surface area contributed by atoms with E-state index < -0.39 is 0 Å². The molecule has 0 atom stereocenters. The van der Waals surface area contributed by atoms with Crippen molar-refractivity contribution in [3.63, 3.8) is 0 Å². The van der Waals surface area contributed by atoms with Crippen molar-refractivity contribution in [3.05, 3.63) is 72.6 Å². The number of hydrogen-bond acceptors (Lipinski definition) is 7. The quantitative estimate of drug-likeness (QED) is 0.433. The van der Waals surface area contributed by atoms with Gasteiger partial charge in [-0.1, -0.05) is 30.0 Å². The van der Waals surface area contributed by atoms with Crippen molar-refractivity contribution < 1.29 is 13.9 Å². The number of benzene rings is 2. The Kier molecular flexibility index (Phi) is 6.09. The summed E-state index contributed by atoms with van der Waals surface area (Å²) in [4.78, 5) is 12.4. The van der Waals surface area contributed by atoms with Gasteiger partial charge in [0.2, 0.25) is 11.8 Å². The third-order valence-electron chi connectivity index (χ3n) is 4.25. The molecule has 0 fully saturated rings. The van der Waals surface area contributed by atoms with Crippen LogP contribution in [0.3, 0.4) is 0 Å². The molecule has 0 saturated carbocycles. The van der Waals surface area contributed by atoms with E-state index in [1.54, 1.807) is 18.0 Å². The molecule has 4 aromatic rings. The number of nitrogens with one attached hydrogen (secondary N) is 1. The van der Waals surface area contributed by atoms with E-state index in [0.717, 1.165) is 22.6 Å². The number of aromatic nitrogens is 4. The predicted molar refractivity (Wildman–Crippen MR) is 113 cm³/mol. The van der Waals surface area contributed by atoms with Gasteiger partial charge in [0.15, 0.2) is 0 Å². The van der Waals surface area contributed by atoms with Gasteiger partial charge in [-0.3, -0.25) is 9.48 Å². The summed E-state index contributed by atoms with van der Waals surface area (Å²) in [6.45, 7) is 0.575. The number of nitrogens with zero attached hydrogens (tertiary/aromatic N) is 4. The molecule has 30 heavy (non-hydrogen) atoms. The van der Waals surface area contributed by atoms with E-state index >= 15 is 0 Å². The Morgan fingerprint density at radius 1 is 1.13 bits per heavy atom. The number of carbonyl (C=O) groups is 1. The molecule has 2 heterocycles. The van der Waals surface area contributed by atoms with Crippen LogP contribution in [-0.4, -0.2) is 38.7 Å². The summed E-state index contributed by atoms with van der Waals surface area (Å²) in [5.41, 5.74) is 2.51. The lowest BCUT2D eigenvalue weighted by Gasteiger charge is -2.10. The van der Waals surface area contributed by atoms with Crippen LogP contribution < -0.4 is 10.1 Å². The minimum absolute atomic E-state index is 0.153. The van der Waals surface area contributed by atoms with E-state index in [4.69, 9.17) is 9.15 Å². The molecule has 0 aliphatic heterocycles. The van der Waals surface area contributed by atoms with Crippen molar-refractivity contribution in [2.45, 2.75) is 11.8 Å². The fourth-order valence-electron chi connectivity index (χ4n) is 2.78. The van der Waals surface area contributed by atoms with Crippen LogP contribution in [0.5, 0.6) is 5.75 Å². The van der Waals surface area contributed by atoms with Crippen LogP contribution in [0, 0.1) is 0 Å². The maximum Gasteiger partial charge on any atom is 0.277 e. The molecule has 4 rings (SSSR count). The molecule has 0 aliphatic rings. The second-order valence-corrected chi connectivity index (χ2v) is 7.23. The maximum absolute atomic E-state index is 12.4. The summed E-state index contributed by atoms with van der Waals surface area (Å²) in [6, 6.07) is 16.8. The fourth-order valence-corrected chi connectivity index (χ4v) is 3.34. The van der Waals surface area contributed by atoms with Gasteiger partial charge in [0, 0.05) is 23.6 Å². The smallest absolute Gasteiger partial charge is 0.277 e. The van der Waals surface area contributed by atoms with E-state index in [0.29, 0.717) is 17.7 Å². The Balaban J connectivity index is 1.35. The molecule has 1 amide bonds. The van der Waals surface area contributed by atoms with Crippen molar-refractivity contribution in [2.75, 3.05) is 18.2 Å². The first-order valence-corrected chi connectivity index (χ1v) is 10.2. The zero-order valence-electron chi connectivity index (χ0n) is 16.2. The Morgan fingerprint density at radius 2 is 1.97 bits per heavy atom. The van der Waals surface area contributed by atoms with E-state index in [-0.39, 0.29) is 11.7 Å². The lowest BCUT2D eigenvalue weighted by atomic mass is 10.2. The molecular weight excluding hydrogens is 402 g/mol. The van der Waals surface area contributed by atoms with Crippen LogP contribution in [0.4, 0.5) is 5.69 Å². The minimum atomic E-state index is -0.155. The van der Waals surface area contributed by atoms with Gasteiger partial charge < -0.3 is 14.5 Å². The van der Waals surface area contributed by atoms with Gasteiger partial charge in [-0.25, -0.2) is 0 Å². The SMILES string of the molecule is COc1ccc(-c2nnc(SCC(=O)Nc3ccccc3Cn3cccn3)o2)cc1. The van der Waals surface area contributed by atoms with Crippen molar-refractivity contribution in [3.8, 4) is 17.2 Å². The number of para-hydroxylation sites is 1. The van der Waals surface area contributed by atoms with Crippen LogP contribution in [-0.2, 0) is 11.3 Å². The number of anilines is 1. The van der Waals surface area contributed by atoms with E-state index in [1.165, 1.54) is 11.8 Å². The highest BCUT2D eigenvalue weighted by Gasteiger charge is 2.13. The predicted octanol–water partition coefficient (Wildman–Crippen LogP) is 3.72. The Morgan fingerprint density at radius 3 is 2.73 bits per heavy atom. The lowest BCUT2D eigenvalue weighted by molar-refractivity contribution is -0.113. The fraction of sp³-hybridized carbons (Fsp3) is 0.143. The van der Waals surface area contributed by atoms with E-state index in [2.05, 4.69) is 20.6 Å².